The van der Waals surface area contributed by atoms with E-state index in [9.17, 15) is 9.59 Å². The minimum Gasteiger partial charge on any atom is -0.480 e. The van der Waals surface area contributed by atoms with Crippen LogP contribution in [0.3, 0.4) is 0 Å². The first kappa shape index (κ1) is 16.9. The molecular formula is C14H21N3O4. The van der Waals surface area contributed by atoms with Crippen molar-refractivity contribution in [3.8, 4) is 0 Å². The number of nitrogens with one attached hydrogen (secondary N) is 1. The molecule has 116 valence electrons. The molecule has 0 saturated heterocycles. The number of carbonyl (C=O) groups is 2. The molecule has 1 aromatic rings. The van der Waals surface area contributed by atoms with E-state index in [1.54, 1.807) is 6.92 Å². The Balaban J connectivity index is 2.70. The quantitative estimate of drug-likeness (QED) is 0.689. The number of aliphatic hydroxyl groups excluding tert-OH is 1. The molecule has 0 aliphatic carbocycles. The average molecular weight is 295 g/mol. The molecular weight excluding hydrogens is 274 g/mol. The Labute approximate surface area is 123 Å². The zero-order valence-corrected chi connectivity index (χ0v) is 12.2. The molecule has 0 saturated carbocycles. The maximum Gasteiger partial charge on any atom is 0.326 e. The van der Waals surface area contributed by atoms with E-state index < -0.39 is 18.0 Å². The summed E-state index contributed by atoms with van der Waals surface area (Å²) in [6, 6.07) is 3.95. The summed E-state index contributed by atoms with van der Waals surface area (Å²) < 4.78 is 0. The van der Waals surface area contributed by atoms with E-state index in [0.29, 0.717) is 13.1 Å². The van der Waals surface area contributed by atoms with Crippen LogP contribution in [0, 0.1) is 6.92 Å². The Kier molecular flexibility index (Phi) is 6.61. The third kappa shape index (κ3) is 5.39. The number of pyridine rings is 1. The fourth-order valence-corrected chi connectivity index (χ4v) is 1.84. The molecule has 0 aromatic carbocycles. The van der Waals surface area contributed by atoms with Gasteiger partial charge < -0.3 is 20.4 Å². The van der Waals surface area contributed by atoms with Crippen molar-refractivity contribution in [2.45, 2.75) is 32.9 Å². The first-order valence-corrected chi connectivity index (χ1v) is 6.79. The number of rotatable bonds is 7. The van der Waals surface area contributed by atoms with Crippen LogP contribution in [0.25, 0.3) is 0 Å². The molecule has 1 rings (SSSR count). The SMILES string of the molecule is CCN(Cc1cccc(C)n1)C(=O)N[C@H](CCO)C(=O)O. The number of aromatic nitrogens is 1. The van der Waals surface area contributed by atoms with E-state index in [-0.39, 0.29) is 13.0 Å². The van der Waals surface area contributed by atoms with Gasteiger partial charge in [0.05, 0.1) is 12.2 Å². The third-order valence-electron chi connectivity index (χ3n) is 2.98. The van der Waals surface area contributed by atoms with Crippen molar-refractivity contribution in [2.75, 3.05) is 13.2 Å². The molecule has 0 radical (unpaired) electrons. The van der Waals surface area contributed by atoms with E-state index in [1.807, 2.05) is 25.1 Å². The molecule has 7 heteroatoms. The second-order valence-corrected chi connectivity index (χ2v) is 4.64. The summed E-state index contributed by atoms with van der Waals surface area (Å²) in [6.07, 6.45) is -0.0265. The van der Waals surface area contributed by atoms with Crippen LogP contribution in [0.5, 0.6) is 0 Å². The van der Waals surface area contributed by atoms with Crippen LogP contribution in [0.2, 0.25) is 0 Å². The van der Waals surface area contributed by atoms with Gasteiger partial charge in [0.2, 0.25) is 0 Å². The topological polar surface area (TPSA) is 103 Å². The summed E-state index contributed by atoms with van der Waals surface area (Å²) in [5.41, 5.74) is 1.59. The van der Waals surface area contributed by atoms with Crippen molar-refractivity contribution >= 4 is 12.0 Å². The van der Waals surface area contributed by atoms with Crippen molar-refractivity contribution in [1.82, 2.24) is 15.2 Å². The fourth-order valence-electron chi connectivity index (χ4n) is 1.84. The Morgan fingerprint density at radius 1 is 1.43 bits per heavy atom. The van der Waals surface area contributed by atoms with Gasteiger partial charge in [0.25, 0.3) is 0 Å². The number of carboxylic acid groups (broad SMARTS) is 1. The molecule has 0 unspecified atom stereocenters. The molecule has 2 amide bonds. The number of aryl methyl sites for hydroxylation is 1. The maximum atomic E-state index is 12.1. The lowest BCUT2D eigenvalue weighted by Crippen LogP contribution is -2.48. The molecule has 0 spiro atoms. The number of aliphatic hydroxyl groups is 1. The Bertz CT molecular complexity index is 493. The van der Waals surface area contributed by atoms with Gasteiger partial charge in [-0.15, -0.1) is 0 Å². The third-order valence-corrected chi connectivity index (χ3v) is 2.98. The van der Waals surface area contributed by atoms with Crippen molar-refractivity contribution in [2.24, 2.45) is 0 Å². The lowest BCUT2D eigenvalue weighted by Gasteiger charge is -2.23. The van der Waals surface area contributed by atoms with Crippen molar-refractivity contribution < 1.29 is 19.8 Å². The number of urea groups is 1. The second-order valence-electron chi connectivity index (χ2n) is 4.64. The first-order valence-electron chi connectivity index (χ1n) is 6.79. The van der Waals surface area contributed by atoms with Gasteiger partial charge in [-0.05, 0) is 26.0 Å². The maximum absolute atomic E-state index is 12.1. The molecule has 1 heterocycles. The minimum atomic E-state index is -1.16. The van der Waals surface area contributed by atoms with Crippen LogP contribution in [0.1, 0.15) is 24.7 Å². The van der Waals surface area contributed by atoms with Crippen LogP contribution >= 0.6 is 0 Å². The lowest BCUT2D eigenvalue weighted by atomic mass is 10.2. The summed E-state index contributed by atoms with van der Waals surface area (Å²) in [6.45, 7) is 4.09. The number of carboxylic acids is 1. The summed E-state index contributed by atoms with van der Waals surface area (Å²) in [4.78, 5) is 28.9. The van der Waals surface area contributed by atoms with Gasteiger partial charge in [-0.2, -0.15) is 0 Å². The Morgan fingerprint density at radius 2 is 2.14 bits per heavy atom. The smallest absolute Gasteiger partial charge is 0.326 e. The van der Waals surface area contributed by atoms with Gasteiger partial charge in [0.15, 0.2) is 0 Å². The minimum absolute atomic E-state index is 0.0265. The highest BCUT2D eigenvalue weighted by Crippen LogP contribution is 2.04. The van der Waals surface area contributed by atoms with Crippen LogP contribution < -0.4 is 5.32 Å². The summed E-state index contributed by atoms with van der Waals surface area (Å²) >= 11 is 0. The predicted octanol–water partition coefficient (Wildman–Crippen LogP) is 0.757. The van der Waals surface area contributed by atoms with E-state index >= 15 is 0 Å². The fraction of sp³-hybridized carbons (Fsp3) is 0.500. The van der Waals surface area contributed by atoms with E-state index in [2.05, 4.69) is 10.3 Å². The van der Waals surface area contributed by atoms with Gasteiger partial charge in [-0.3, -0.25) is 4.98 Å². The van der Waals surface area contributed by atoms with Gasteiger partial charge in [0, 0.05) is 25.3 Å². The highest BCUT2D eigenvalue weighted by molar-refractivity contribution is 5.82. The Hall–Kier alpha value is -2.15. The number of carbonyl (C=O) groups excluding carboxylic acids is 1. The van der Waals surface area contributed by atoms with Crippen LogP contribution in [0.15, 0.2) is 18.2 Å². The molecule has 0 aliphatic heterocycles. The monoisotopic (exact) mass is 295 g/mol. The lowest BCUT2D eigenvalue weighted by molar-refractivity contribution is -0.139. The van der Waals surface area contributed by atoms with Crippen molar-refractivity contribution in [3.63, 3.8) is 0 Å². The van der Waals surface area contributed by atoms with E-state index in [4.69, 9.17) is 10.2 Å². The van der Waals surface area contributed by atoms with Gasteiger partial charge >= 0.3 is 12.0 Å². The Morgan fingerprint density at radius 3 is 2.67 bits per heavy atom. The predicted molar refractivity (Wildman–Crippen MR) is 76.7 cm³/mol. The summed E-state index contributed by atoms with van der Waals surface area (Å²) in [5, 5.41) is 20.2. The number of amides is 2. The molecule has 1 atom stereocenters. The van der Waals surface area contributed by atoms with Crippen molar-refractivity contribution in [3.05, 3.63) is 29.6 Å². The molecule has 3 N–H and O–H groups in total. The van der Waals surface area contributed by atoms with Crippen LogP contribution in [-0.4, -0.2) is 51.3 Å². The summed E-state index contributed by atoms with van der Waals surface area (Å²) in [5.74, 6) is -1.16. The van der Waals surface area contributed by atoms with Crippen molar-refractivity contribution in [1.29, 1.82) is 0 Å². The first-order chi connectivity index (χ1) is 9.97. The van der Waals surface area contributed by atoms with Crippen LogP contribution in [-0.2, 0) is 11.3 Å². The highest BCUT2D eigenvalue weighted by Gasteiger charge is 2.22. The number of hydrogen-bond donors (Lipinski definition) is 3. The van der Waals surface area contributed by atoms with Gasteiger partial charge in [-0.1, -0.05) is 6.07 Å². The number of nitrogens with zero attached hydrogens (tertiary/aromatic N) is 2. The molecule has 0 bridgehead atoms. The molecule has 0 fully saturated rings. The van der Waals surface area contributed by atoms with Gasteiger partial charge in [0.1, 0.15) is 6.04 Å². The van der Waals surface area contributed by atoms with E-state index in [1.165, 1.54) is 4.90 Å². The second kappa shape index (κ2) is 8.21. The number of aliphatic carboxylic acids is 1. The number of hydrogen-bond acceptors (Lipinski definition) is 4. The summed E-state index contributed by atoms with van der Waals surface area (Å²) in [7, 11) is 0. The average Bonchev–Trinajstić information content (AvgIpc) is 2.44. The highest BCUT2D eigenvalue weighted by atomic mass is 16.4. The zero-order chi connectivity index (χ0) is 15.8. The molecule has 0 aliphatic rings. The van der Waals surface area contributed by atoms with Crippen LogP contribution in [0.4, 0.5) is 4.79 Å². The standard InChI is InChI=1S/C14H21N3O4/c1-3-17(9-11-6-4-5-10(2)15-11)14(21)16-12(7-8-18)13(19)20/h4-6,12,18H,3,7-9H2,1-2H3,(H,16,21)(H,19,20)/t12-/m1/s1. The molecule has 21 heavy (non-hydrogen) atoms. The van der Waals surface area contributed by atoms with Gasteiger partial charge in [-0.25, -0.2) is 9.59 Å². The molecule has 7 nitrogen and oxygen atoms in total. The largest absolute Gasteiger partial charge is 0.480 e. The normalized spacial score (nSPS) is 11.8. The zero-order valence-electron chi connectivity index (χ0n) is 12.2. The van der Waals surface area contributed by atoms with E-state index in [0.717, 1.165) is 11.4 Å². The molecule has 1 aromatic heterocycles.